The fourth-order valence-corrected chi connectivity index (χ4v) is 4.70. The van der Waals surface area contributed by atoms with Crippen LogP contribution >= 0.6 is 0 Å². The van der Waals surface area contributed by atoms with Crippen LogP contribution < -0.4 is 9.46 Å². The number of anilines is 1. The van der Waals surface area contributed by atoms with Crippen LogP contribution in [-0.2, 0) is 14.8 Å². The maximum atomic E-state index is 14.6. The monoisotopic (exact) mass is 519 g/mol. The lowest BCUT2D eigenvalue weighted by Gasteiger charge is -2.18. The van der Waals surface area contributed by atoms with Crippen LogP contribution in [0.5, 0.6) is 5.75 Å². The number of nitrogens with one attached hydrogen (secondary N) is 1. The van der Waals surface area contributed by atoms with E-state index >= 15 is 0 Å². The Bertz CT molecular complexity index is 1510. The van der Waals surface area contributed by atoms with Gasteiger partial charge in [0.15, 0.2) is 6.10 Å². The minimum Gasteiger partial charge on any atom is -0.497 e. The molecule has 0 aliphatic carbocycles. The van der Waals surface area contributed by atoms with Crippen LogP contribution in [0.3, 0.4) is 0 Å². The SMILES string of the molecule is COc1ccc(NS(=O)(=O)c2cc(C(=O)OC(C(=O)c3ccccc3)c3ccccc3)ccc2F)cc1. The summed E-state index contributed by atoms with van der Waals surface area (Å²) in [5.41, 5.74) is 0.695. The smallest absolute Gasteiger partial charge is 0.339 e. The number of ketones is 1. The molecule has 9 heteroatoms. The lowest BCUT2D eigenvalue weighted by molar-refractivity contribution is 0.0279. The van der Waals surface area contributed by atoms with Crippen LogP contribution in [-0.4, -0.2) is 27.3 Å². The molecule has 0 radical (unpaired) electrons. The van der Waals surface area contributed by atoms with Gasteiger partial charge in [-0.2, -0.15) is 0 Å². The molecule has 188 valence electrons. The van der Waals surface area contributed by atoms with Gasteiger partial charge < -0.3 is 9.47 Å². The Balaban J connectivity index is 1.62. The number of hydrogen-bond acceptors (Lipinski definition) is 6. The van der Waals surface area contributed by atoms with E-state index in [9.17, 15) is 22.4 Å². The van der Waals surface area contributed by atoms with Crippen molar-refractivity contribution in [3.63, 3.8) is 0 Å². The van der Waals surface area contributed by atoms with Crippen molar-refractivity contribution in [2.45, 2.75) is 11.0 Å². The molecule has 7 nitrogen and oxygen atoms in total. The first-order chi connectivity index (χ1) is 17.8. The molecule has 0 aliphatic heterocycles. The molecule has 0 saturated heterocycles. The first-order valence-corrected chi connectivity index (χ1v) is 12.6. The molecule has 1 N–H and O–H groups in total. The van der Waals surface area contributed by atoms with E-state index in [0.717, 1.165) is 18.2 Å². The quantitative estimate of drug-likeness (QED) is 0.234. The highest BCUT2D eigenvalue weighted by Crippen LogP contribution is 2.26. The molecule has 0 aromatic heterocycles. The van der Waals surface area contributed by atoms with Crippen molar-refractivity contribution >= 4 is 27.5 Å². The van der Waals surface area contributed by atoms with Crippen molar-refractivity contribution < 1.29 is 31.9 Å². The van der Waals surface area contributed by atoms with Gasteiger partial charge in [-0.15, -0.1) is 0 Å². The predicted octanol–water partition coefficient (Wildman–Crippen LogP) is 5.42. The number of carbonyl (C=O) groups excluding carboxylic acids is 2. The van der Waals surface area contributed by atoms with E-state index < -0.39 is 38.6 Å². The lowest BCUT2D eigenvalue weighted by Crippen LogP contribution is -2.21. The van der Waals surface area contributed by atoms with Gasteiger partial charge in [0.25, 0.3) is 10.0 Å². The zero-order valence-corrected chi connectivity index (χ0v) is 20.4. The third kappa shape index (κ3) is 6.02. The number of Topliss-reactive ketones (excluding diaryl/α,β-unsaturated/α-hetero) is 1. The Morgan fingerprint density at radius 2 is 1.43 bits per heavy atom. The molecular formula is C28H22FNO6S. The average molecular weight is 520 g/mol. The molecule has 0 aliphatic rings. The third-order valence-corrected chi connectivity index (χ3v) is 6.82. The number of carbonyl (C=O) groups is 2. The summed E-state index contributed by atoms with van der Waals surface area (Å²) in [7, 11) is -2.93. The van der Waals surface area contributed by atoms with Gasteiger partial charge in [-0.1, -0.05) is 60.7 Å². The molecule has 0 amide bonds. The number of methoxy groups -OCH3 is 1. The van der Waals surface area contributed by atoms with E-state index in [2.05, 4.69) is 4.72 Å². The maximum absolute atomic E-state index is 14.6. The standard InChI is InChI=1S/C28H22FNO6S/c1-35-23-15-13-22(14-16-23)30-37(33,34)25-18-21(12-17-24(25)29)28(32)36-27(20-10-6-3-7-11-20)26(31)19-8-4-2-5-9-19/h2-18,27,30H,1H3. The van der Waals surface area contributed by atoms with Crippen molar-refractivity contribution in [3.8, 4) is 5.75 Å². The van der Waals surface area contributed by atoms with Crippen molar-refractivity contribution in [1.29, 1.82) is 0 Å². The van der Waals surface area contributed by atoms with Gasteiger partial charge in [0.2, 0.25) is 5.78 Å². The second kappa shape index (κ2) is 11.0. The van der Waals surface area contributed by atoms with Gasteiger partial charge in [-0.25, -0.2) is 17.6 Å². The molecule has 0 spiro atoms. The highest BCUT2D eigenvalue weighted by molar-refractivity contribution is 7.92. The van der Waals surface area contributed by atoms with Crippen molar-refractivity contribution in [3.05, 3.63) is 126 Å². The minimum atomic E-state index is -4.40. The second-order valence-corrected chi connectivity index (χ2v) is 9.56. The van der Waals surface area contributed by atoms with Crippen LogP contribution in [0.15, 0.2) is 108 Å². The molecule has 1 unspecified atom stereocenters. The molecule has 0 heterocycles. The topological polar surface area (TPSA) is 98.8 Å². The largest absolute Gasteiger partial charge is 0.497 e. The normalized spacial score (nSPS) is 11.8. The van der Waals surface area contributed by atoms with Crippen molar-refractivity contribution in [2.75, 3.05) is 11.8 Å². The van der Waals surface area contributed by atoms with Gasteiger partial charge >= 0.3 is 5.97 Å². The van der Waals surface area contributed by atoms with E-state index in [0.29, 0.717) is 16.9 Å². The van der Waals surface area contributed by atoms with E-state index in [1.165, 1.54) is 31.4 Å². The lowest BCUT2D eigenvalue weighted by atomic mass is 10.00. The Morgan fingerprint density at radius 3 is 2.05 bits per heavy atom. The second-order valence-electron chi connectivity index (χ2n) is 7.91. The summed E-state index contributed by atoms with van der Waals surface area (Å²) in [5.74, 6) is -2.00. The number of esters is 1. The Kier molecular flexibility index (Phi) is 7.64. The molecule has 0 fully saturated rings. The Morgan fingerprint density at radius 1 is 0.811 bits per heavy atom. The van der Waals surface area contributed by atoms with Gasteiger partial charge in [-0.05, 0) is 42.5 Å². The minimum absolute atomic E-state index is 0.172. The molecule has 4 aromatic rings. The van der Waals surface area contributed by atoms with Gasteiger partial charge in [0.1, 0.15) is 16.5 Å². The molecule has 4 aromatic carbocycles. The summed E-state index contributed by atoms with van der Waals surface area (Å²) >= 11 is 0. The number of ether oxygens (including phenoxy) is 2. The zero-order valence-electron chi connectivity index (χ0n) is 19.6. The van der Waals surface area contributed by atoms with E-state index in [-0.39, 0.29) is 11.3 Å². The van der Waals surface area contributed by atoms with Gasteiger partial charge in [-0.3, -0.25) is 9.52 Å². The van der Waals surface area contributed by atoms with Crippen LogP contribution in [0.1, 0.15) is 32.4 Å². The van der Waals surface area contributed by atoms with Crippen molar-refractivity contribution in [1.82, 2.24) is 0 Å². The number of sulfonamides is 1. The van der Waals surface area contributed by atoms with Crippen LogP contribution in [0, 0.1) is 5.82 Å². The Hall–Kier alpha value is -4.50. The molecule has 37 heavy (non-hydrogen) atoms. The van der Waals surface area contributed by atoms with Gasteiger partial charge in [0.05, 0.1) is 12.7 Å². The third-order valence-electron chi connectivity index (χ3n) is 5.42. The fourth-order valence-electron chi connectivity index (χ4n) is 3.54. The van der Waals surface area contributed by atoms with E-state index in [4.69, 9.17) is 9.47 Å². The molecule has 0 saturated carbocycles. The average Bonchev–Trinajstić information content (AvgIpc) is 2.92. The number of benzene rings is 4. The predicted molar refractivity (Wildman–Crippen MR) is 136 cm³/mol. The van der Waals surface area contributed by atoms with Crippen LogP contribution in [0.2, 0.25) is 0 Å². The van der Waals surface area contributed by atoms with E-state index in [1.807, 2.05) is 0 Å². The van der Waals surface area contributed by atoms with E-state index in [1.54, 1.807) is 60.7 Å². The highest BCUT2D eigenvalue weighted by Gasteiger charge is 2.28. The molecule has 1 atom stereocenters. The first-order valence-electron chi connectivity index (χ1n) is 11.1. The maximum Gasteiger partial charge on any atom is 0.339 e. The summed E-state index contributed by atoms with van der Waals surface area (Å²) in [6, 6.07) is 25.5. The van der Waals surface area contributed by atoms with Crippen LogP contribution in [0.4, 0.5) is 10.1 Å². The summed E-state index contributed by atoms with van der Waals surface area (Å²) in [5, 5.41) is 0. The number of hydrogen-bond donors (Lipinski definition) is 1. The first kappa shape index (κ1) is 25.6. The van der Waals surface area contributed by atoms with Crippen LogP contribution in [0.25, 0.3) is 0 Å². The summed E-state index contributed by atoms with van der Waals surface area (Å²) < 4.78 is 53.2. The van der Waals surface area contributed by atoms with Gasteiger partial charge in [0, 0.05) is 16.8 Å². The zero-order chi connectivity index (χ0) is 26.4. The molecule has 4 rings (SSSR count). The fraction of sp³-hybridized carbons (Fsp3) is 0.0714. The van der Waals surface area contributed by atoms with Crippen molar-refractivity contribution in [2.24, 2.45) is 0 Å². The molecule has 0 bridgehead atoms. The number of rotatable bonds is 9. The number of halogens is 1. The highest BCUT2D eigenvalue weighted by atomic mass is 32.2. The summed E-state index contributed by atoms with van der Waals surface area (Å²) in [4.78, 5) is 25.5. The Labute approximate surface area is 213 Å². The summed E-state index contributed by atoms with van der Waals surface area (Å²) in [6.45, 7) is 0. The molecular weight excluding hydrogens is 497 g/mol. The summed E-state index contributed by atoms with van der Waals surface area (Å²) in [6.07, 6.45) is -1.29.